The van der Waals surface area contributed by atoms with Crippen molar-refractivity contribution in [1.82, 2.24) is 0 Å². The lowest BCUT2D eigenvalue weighted by Crippen LogP contribution is -2.31. The number of aliphatic hydroxyl groups excluding tert-OH is 2. The number of fused-ring (bicyclic) bond motifs is 1. The zero-order valence-electron chi connectivity index (χ0n) is 9.05. The SMILES string of the molecule is CC1(C)O[C@@H]2[C@H](O1)[C@@H](CO)O[C@@H]2CCO. The van der Waals surface area contributed by atoms with Crippen LogP contribution in [0.15, 0.2) is 0 Å². The van der Waals surface area contributed by atoms with Crippen LogP contribution >= 0.6 is 0 Å². The van der Waals surface area contributed by atoms with Gasteiger partial charge in [-0.1, -0.05) is 0 Å². The van der Waals surface area contributed by atoms with Gasteiger partial charge in [0, 0.05) is 6.61 Å². The van der Waals surface area contributed by atoms with E-state index in [1.807, 2.05) is 13.8 Å². The Hall–Kier alpha value is -0.200. The maximum Gasteiger partial charge on any atom is 0.164 e. The van der Waals surface area contributed by atoms with Crippen LogP contribution in [0, 0.1) is 0 Å². The zero-order chi connectivity index (χ0) is 11.1. The van der Waals surface area contributed by atoms with Gasteiger partial charge in [0.1, 0.15) is 18.3 Å². The van der Waals surface area contributed by atoms with Crippen molar-refractivity contribution in [3.63, 3.8) is 0 Å². The van der Waals surface area contributed by atoms with E-state index in [1.165, 1.54) is 0 Å². The highest BCUT2D eigenvalue weighted by Gasteiger charge is 2.54. The van der Waals surface area contributed by atoms with Gasteiger partial charge in [0.05, 0.1) is 12.7 Å². The number of hydrogen-bond acceptors (Lipinski definition) is 5. The topological polar surface area (TPSA) is 68.2 Å². The van der Waals surface area contributed by atoms with Crippen molar-refractivity contribution in [3.05, 3.63) is 0 Å². The molecule has 0 aliphatic carbocycles. The average Bonchev–Trinajstić information content (AvgIpc) is 2.61. The first-order valence-electron chi connectivity index (χ1n) is 5.30. The predicted octanol–water partition coefficient (Wildman–Crippen LogP) is -0.351. The molecule has 4 atom stereocenters. The molecule has 15 heavy (non-hydrogen) atoms. The predicted molar refractivity (Wildman–Crippen MR) is 51.3 cm³/mol. The quantitative estimate of drug-likeness (QED) is 0.677. The summed E-state index contributed by atoms with van der Waals surface area (Å²) < 4.78 is 16.9. The first-order valence-corrected chi connectivity index (χ1v) is 5.30. The lowest BCUT2D eigenvalue weighted by atomic mass is 10.1. The van der Waals surface area contributed by atoms with E-state index in [4.69, 9.17) is 24.4 Å². The number of aliphatic hydroxyl groups is 2. The molecule has 0 unspecified atom stereocenters. The molecule has 2 saturated heterocycles. The molecule has 5 nitrogen and oxygen atoms in total. The van der Waals surface area contributed by atoms with Gasteiger partial charge >= 0.3 is 0 Å². The third-order valence-corrected chi connectivity index (χ3v) is 2.84. The molecule has 0 aromatic rings. The fourth-order valence-corrected chi connectivity index (χ4v) is 2.28. The molecule has 0 amide bonds. The Bertz CT molecular complexity index is 230. The standard InChI is InChI=1S/C10H18O5/c1-10(2)14-8-6(3-4-11)13-7(5-12)9(8)15-10/h6-9,11-12H,3-5H2,1-2H3/t6-,7-,8+,9-/m1/s1. The minimum absolute atomic E-state index is 0.0514. The summed E-state index contributed by atoms with van der Waals surface area (Å²) in [7, 11) is 0. The van der Waals surface area contributed by atoms with E-state index >= 15 is 0 Å². The molecule has 0 saturated carbocycles. The van der Waals surface area contributed by atoms with Crippen LogP contribution in [-0.4, -0.2) is 53.6 Å². The molecule has 2 aliphatic rings. The third-order valence-electron chi connectivity index (χ3n) is 2.84. The second-order valence-electron chi connectivity index (χ2n) is 4.47. The van der Waals surface area contributed by atoms with Crippen LogP contribution in [0.4, 0.5) is 0 Å². The van der Waals surface area contributed by atoms with Crippen molar-refractivity contribution in [1.29, 1.82) is 0 Å². The van der Waals surface area contributed by atoms with Crippen LogP contribution in [0.2, 0.25) is 0 Å². The number of hydrogen-bond donors (Lipinski definition) is 2. The van der Waals surface area contributed by atoms with E-state index in [9.17, 15) is 0 Å². The Morgan fingerprint density at radius 2 is 1.67 bits per heavy atom. The molecule has 2 rings (SSSR count). The smallest absolute Gasteiger partial charge is 0.164 e. The maximum atomic E-state index is 9.15. The summed E-state index contributed by atoms with van der Waals surface area (Å²) in [6.07, 6.45) is -0.407. The molecule has 2 heterocycles. The van der Waals surface area contributed by atoms with Gasteiger partial charge in [0.2, 0.25) is 0 Å². The van der Waals surface area contributed by atoms with E-state index in [0.29, 0.717) is 6.42 Å². The summed E-state index contributed by atoms with van der Waals surface area (Å²) >= 11 is 0. The fraction of sp³-hybridized carbons (Fsp3) is 1.00. The Labute approximate surface area is 88.9 Å². The van der Waals surface area contributed by atoms with E-state index < -0.39 is 5.79 Å². The van der Waals surface area contributed by atoms with Crippen LogP contribution in [-0.2, 0) is 14.2 Å². The third kappa shape index (κ3) is 2.03. The van der Waals surface area contributed by atoms with Gasteiger partial charge in [-0.05, 0) is 20.3 Å². The molecule has 2 aliphatic heterocycles. The summed E-state index contributed by atoms with van der Waals surface area (Å²) in [5.41, 5.74) is 0. The summed E-state index contributed by atoms with van der Waals surface area (Å²) in [5, 5.41) is 18.0. The van der Waals surface area contributed by atoms with Crippen molar-refractivity contribution in [2.75, 3.05) is 13.2 Å². The Kier molecular flexibility index (Phi) is 3.00. The van der Waals surface area contributed by atoms with Crippen LogP contribution in [0.5, 0.6) is 0 Å². The molecule has 0 radical (unpaired) electrons. The van der Waals surface area contributed by atoms with Crippen LogP contribution < -0.4 is 0 Å². The Morgan fingerprint density at radius 3 is 2.20 bits per heavy atom. The van der Waals surface area contributed by atoms with Crippen molar-refractivity contribution >= 4 is 0 Å². The van der Waals surface area contributed by atoms with Gasteiger partial charge in [0.15, 0.2) is 5.79 Å². The summed E-state index contributed by atoms with van der Waals surface area (Å²) in [6, 6.07) is 0. The molecular formula is C10H18O5. The van der Waals surface area contributed by atoms with Gasteiger partial charge < -0.3 is 24.4 Å². The van der Waals surface area contributed by atoms with Gasteiger partial charge in [-0.3, -0.25) is 0 Å². The first-order chi connectivity index (χ1) is 7.07. The molecule has 0 aromatic carbocycles. The van der Waals surface area contributed by atoms with Gasteiger partial charge in [-0.25, -0.2) is 0 Å². The number of rotatable bonds is 3. The van der Waals surface area contributed by atoms with Gasteiger partial charge in [-0.2, -0.15) is 0 Å². The summed E-state index contributed by atoms with van der Waals surface area (Å²) in [5.74, 6) is -0.625. The first kappa shape index (κ1) is 11.3. The largest absolute Gasteiger partial charge is 0.396 e. The number of ether oxygens (including phenoxy) is 3. The molecule has 0 aromatic heterocycles. The highest BCUT2D eigenvalue weighted by molar-refractivity contribution is 4.97. The average molecular weight is 218 g/mol. The van der Waals surface area contributed by atoms with Gasteiger partial charge in [-0.15, -0.1) is 0 Å². The van der Waals surface area contributed by atoms with Gasteiger partial charge in [0.25, 0.3) is 0 Å². The van der Waals surface area contributed by atoms with Crippen LogP contribution in [0.25, 0.3) is 0 Å². The zero-order valence-corrected chi connectivity index (χ0v) is 9.05. The second-order valence-corrected chi connectivity index (χ2v) is 4.47. The normalized spacial score (nSPS) is 43.2. The highest BCUT2D eigenvalue weighted by atomic mass is 16.8. The highest BCUT2D eigenvalue weighted by Crippen LogP contribution is 2.39. The molecular weight excluding hydrogens is 200 g/mol. The van der Waals surface area contributed by atoms with Crippen molar-refractivity contribution in [3.8, 4) is 0 Å². The monoisotopic (exact) mass is 218 g/mol. The molecule has 2 N–H and O–H groups in total. The minimum atomic E-state index is -0.625. The molecule has 0 spiro atoms. The lowest BCUT2D eigenvalue weighted by Gasteiger charge is -2.23. The molecule has 2 fully saturated rings. The van der Waals surface area contributed by atoms with Crippen molar-refractivity contribution < 1.29 is 24.4 Å². The van der Waals surface area contributed by atoms with Crippen LogP contribution in [0.3, 0.4) is 0 Å². The Balaban J connectivity index is 2.08. The van der Waals surface area contributed by atoms with E-state index in [1.54, 1.807) is 0 Å². The summed E-state index contributed by atoms with van der Waals surface area (Å²) in [4.78, 5) is 0. The van der Waals surface area contributed by atoms with E-state index in [-0.39, 0.29) is 37.6 Å². The summed E-state index contributed by atoms with van der Waals surface area (Å²) in [6.45, 7) is 3.66. The fourth-order valence-electron chi connectivity index (χ4n) is 2.28. The molecule has 0 bridgehead atoms. The lowest BCUT2D eigenvalue weighted by molar-refractivity contribution is -0.191. The second kappa shape index (κ2) is 3.99. The van der Waals surface area contributed by atoms with Crippen LogP contribution in [0.1, 0.15) is 20.3 Å². The van der Waals surface area contributed by atoms with E-state index in [2.05, 4.69) is 0 Å². The van der Waals surface area contributed by atoms with Crippen molar-refractivity contribution in [2.24, 2.45) is 0 Å². The molecule has 88 valence electrons. The van der Waals surface area contributed by atoms with Crippen molar-refractivity contribution in [2.45, 2.75) is 50.5 Å². The minimum Gasteiger partial charge on any atom is -0.396 e. The maximum absolute atomic E-state index is 9.15. The Morgan fingerprint density at radius 1 is 1.07 bits per heavy atom. The van der Waals surface area contributed by atoms with E-state index in [0.717, 1.165) is 0 Å². The molecule has 5 heteroatoms.